The van der Waals surface area contributed by atoms with E-state index in [0.29, 0.717) is 12.4 Å². The van der Waals surface area contributed by atoms with Crippen molar-refractivity contribution in [3.8, 4) is 5.88 Å². The highest BCUT2D eigenvalue weighted by Gasteiger charge is 2.33. The van der Waals surface area contributed by atoms with Crippen LogP contribution in [0.4, 0.5) is 0 Å². The van der Waals surface area contributed by atoms with Gasteiger partial charge in [0.05, 0.1) is 18.4 Å². The minimum absolute atomic E-state index is 0.381. The Balaban J connectivity index is 3.34. The molecule has 0 fully saturated rings. The first-order valence-corrected chi connectivity index (χ1v) is 4.83. The molecule has 1 rings (SSSR count). The minimum atomic E-state index is -0.552. The molecule has 1 unspecified atom stereocenters. The molecule has 0 aliphatic carbocycles. The molecule has 86 valence electrons. The molecule has 1 heterocycles. The van der Waals surface area contributed by atoms with Gasteiger partial charge in [-0.25, -0.2) is 4.68 Å². The summed E-state index contributed by atoms with van der Waals surface area (Å²) < 4.78 is 12.5. The van der Waals surface area contributed by atoms with Gasteiger partial charge in [-0.3, -0.25) is 0 Å². The molecule has 0 aliphatic heterocycles. The zero-order chi connectivity index (χ0) is 11.6. The Labute approximate surface area is 90.2 Å². The number of hydrogen-bond donors (Lipinski definition) is 1. The van der Waals surface area contributed by atoms with Crippen LogP contribution in [0.2, 0.25) is 0 Å². The molecule has 0 aromatic carbocycles. The lowest BCUT2D eigenvalue weighted by atomic mass is 9.96. The van der Waals surface area contributed by atoms with Gasteiger partial charge in [0.2, 0.25) is 5.88 Å². The van der Waals surface area contributed by atoms with Gasteiger partial charge < -0.3 is 15.2 Å². The molecule has 5 heteroatoms. The van der Waals surface area contributed by atoms with Crippen LogP contribution in [0.3, 0.4) is 0 Å². The van der Waals surface area contributed by atoms with Crippen LogP contribution in [-0.2, 0) is 17.4 Å². The van der Waals surface area contributed by atoms with Crippen LogP contribution in [0.1, 0.15) is 18.2 Å². The third-order valence-corrected chi connectivity index (χ3v) is 2.73. The molecule has 0 spiro atoms. The van der Waals surface area contributed by atoms with Crippen LogP contribution < -0.4 is 10.5 Å². The SMILES string of the molecule is COc1c(C(C)(CN)OC)c(C)nn1C. The molecular weight excluding hydrogens is 194 g/mol. The Kier molecular flexibility index (Phi) is 3.36. The minimum Gasteiger partial charge on any atom is -0.481 e. The van der Waals surface area contributed by atoms with Gasteiger partial charge in [-0.1, -0.05) is 0 Å². The maximum atomic E-state index is 5.73. The normalized spacial score (nSPS) is 15.1. The molecule has 0 bridgehead atoms. The van der Waals surface area contributed by atoms with E-state index in [0.717, 1.165) is 11.3 Å². The number of nitrogens with zero attached hydrogens (tertiary/aromatic N) is 2. The Bertz CT molecular complexity index is 343. The highest BCUT2D eigenvalue weighted by Crippen LogP contribution is 2.33. The maximum Gasteiger partial charge on any atom is 0.217 e. The second-order valence-electron chi connectivity index (χ2n) is 3.73. The van der Waals surface area contributed by atoms with E-state index < -0.39 is 5.60 Å². The Morgan fingerprint density at radius 2 is 2.07 bits per heavy atom. The smallest absolute Gasteiger partial charge is 0.217 e. The van der Waals surface area contributed by atoms with Crippen molar-refractivity contribution in [3.05, 3.63) is 11.3 Å². The van der Waals surface area contributed by atoms with E-state index in [9.17, 15) is 0 Å². The van der Waals surface area contributed by atoms with Crippen molar-refractivity contribution in [2.75, 3.05) is 20.8 Å². The molecule has 0 radical (unpaired) electrons. The lowest BCUT2D eigenvalue weighted by Crippen LogP contribution is -2.34. The summed E-state index contributed by atoms with van der Waals surface area (Å²) in [6.45, 7) is 4.23. The molecule has 5 nitrogen and oxygen atoms in total. The van der Waals surface area contributed by atoms with E-state index in [2.05, 4.69) is 5.10 Å². The van der Waals surface area contributed by atoms with Gasteiger partial charge in [-0.2, -0.15) is 5.10 Å². The predicted molar refractivity (Wildman–Crippen MR) is 57.9 cm³/mol. The average Bonchev–Trinajstić information content (AvgIpc) is 2.52. The standard InChI is InChI=1S/C10H19N3O2/c1-7-8(10(2,6-11)15-5)9(14-4)13(3)12-7/h6,11H2,1-5H3. The number of nitrogens with two attached hydrogens (primary N) is 1. The summed E-state index contributed by atoms with van der Waals surface area (Å²) in [6, 6.07) is 0. The number of aryl methyl sites for hydroxylation is 2. The van der Waals surface area contributed by atoms with Gasteiger partial charge in [-0.05, 0) is 13.8 Å². The molecule has 0 aliphatic rings. The Morgan fingerprint density at radius 1 is 1.47 bits per heavy atom. The molecule has 1 atom stereocenters. The quantitative estimate of drug-likeness (QED) is 0.793. The zero-order valence-electron chi connectivity index (χ0n) is 10.00. The van der Waals surface area contributed by atoms with Crippen LogP contribution in [-0.4, -0.2) is 30.5 Å². The van der Waals surface area contributed by atoms with Gasteiger partial charge in [0, 0.05) is 20.7 Å². The third-order valence-electron chi connectivity index (χ3n) is 2.73. The molecule has 0 saturated carbocycles. The number of aromatic nitrogens is 2. The first-order chi connectivity index (χ1) is 7.00. The van der Waals surface area contributed by atoms with Crippen molar-refractivity contribution in [1.82, 2.24) is 9.78 Å². The maximum absolute atomic E-state index is 5.73. The zero-order valence-corrected chi connectivity index (χ0v) is 10.00. The van der Waals surface area contributed by atoms with E-state index in [1.54, 1.807) is 18.9 Å². The monoisotopic (exact) mass is 213 g/mol. The third kappa shape index (κ3) is 1.85. The van der Waals surface area contributed by atoms with Crippen molar-refractivity contribution in [2.24, 2.45) is 12.8 Å². The largest absolute Gasteiger partial charge is 0.481 e. The van der Waals surface area contributed by atoms with Crippen LogP contribution in [0.15, 0.2) is 0 Å². The fourth-order valence-electron chi connectivity index (χ4n) is 1.77. The van der Waals surface area contributed by atoms with Crippen LogP contribution in [0.5, 0.6) is 5.88 Å². The molecule has 2 N–H and O–H groups in total. The highest BCUT2D eigenvalue weighted by atomic mass is 16.5. The number of ether oxygens (including phenoxy) is 2. The summed E-state index contributed by atoms with van der Waals surface area (Å²) >= 11 is 0. The van der Waals surface area contributed by atoms with E-state index in [4.69, 9.17) is 15.2 Å². The number of hydrogen-bond acceptors (Lipinski definition) is 4. The molecular formula is C10H19N3O2. The van der Waals surface area contributed by atoms with Gasteiger partial charge in [-0.15, -0.1) is 0 Å². The van der Waals surface area contributed by atoms with Crippen molar-refractivity contribution < 1.29 is 9.47 Å². The summed E-state index contributed by atoms with van der Waals surface area (Å²) in [5.41, 5.74) is 6.98. The van der Waals surface area contributed by atoms with E-state index in [-0.39, 0.29) is 0 Å². The molecule has 0 amide bonds. The Morgan fingerprint density at radius 3 is 2.47 bits per heavy atom. The Hall–Kier alpha value is -1.07. The summed E-state index contributed by atoms with van der Waals surface area (Å²) in [7, 11) is 5.09. The van der Waals surface area contributed by atoms with Gasteiger partial charge in [0.1, 0.15) is 5.60 Å². The second-order valence-corrected chi connectivity index (χ2v) is 3.73. The van der Waals surface area contributed by atoms with Gasteiger partial charge >= 0.3 is 0 Å². The van der Waals surface area contributed by atoms with Crippen LogP contribution >= 0.6 is 0 Å². The number of rotatable bonds is 4. The lowest BCUT2D eigenvalue weighted by molar-refractivity contribution is 0.00753. The van der Waals surface area contributed by atoms with E-state index in [1.165, 1.54) is 0 Å². The molecule has 0 saturated heterocycles. The summed E-state index contributed by atoms with van der Waals surface area (Å²) in [6.07, 6.45) is 0. The summed E-state index contributed by atoms with van der Waals surface area (Å²) in [4.78, 5) is 0. The van der Waals surface area contributed by atoms with Gasteiger partial charge in [0.15, 0.2) is 0 Å². The first kappa shape index (κ1) is 12.0. The number of methoxy groups -OCH3 is 2. The highest BCUT2D eigenvalue weighted by molar-refractivity contribution is 5.36. The fourth-order valence-corrected chi connectivity index (χ4v) is 1.77. The summed E-state index contributed by atoms with van der Waals surface area (Å²) in [5.74, 6) is 0.697. The van der Waals surface area contributed by atoms with Gasteiger partial charge in [0.25, 0.3) is 0 Å². The topological polar surface area (TPSA) is 62.3 Å². The van der Waals surface area contributed by atoms with Crippen LogP contribution in [0, 0.1) is 6.92 Å². The first-order valence-electron chi connectivity index (χ1n) is 4.83. The van der Waals surface area contributed by atoms with Crippen molar-refractivity contribution in [2.45, 2.75) is 19.4 Å². The van der Waals surface area contributed by atoms with E-state index >= 15 is 0 Å². The van der Waals surface area contributed by atoms with Crippen molar-refractivity contribution in [3.63, 3.8) is 0 Å². The van der Waals surface area contributed by atoms with Crippen LogP contribution in [0.25, 0.3) is 0 Å². The average molecular weight is 213 g/mol. The van der Waals surface area contributed by atoms with Crippen molar-refractivity contribution >= 4 is 0 Å². The second kappa shape index (κ2) is 4.20. The predicted octanol–water partition coefficient (Wildman–Crippen LogP) is 0.557. The molecule has 15 heavy (non-hydrogen) atoms. The molecule has 1 aromatic heterocycles. The lowest BCUT2D eigenvalue weighted by Gasteiger charge is -2.26. The van der Waals surface area contributed by atoms with Crippen molar-refractivity contribution in [1.29, 1.82) is 0 Å². The molecule has 1 aromatic rings. The fraction of sp³-hybridized carbons (Fsp3) is 0.700. The summed E-state index contributed by atoms with van der Waals surface area (Å²) in [5, 5.41) is 4.30. The van der Waals surface area contributed by atoms with E-state index in [1.807, 2.05) is 20.9 Å².